The van der Waals surface area contributed by atoms with E-state index in [1.54, 1.807) is 9.80 Å². The van der Waals surface area contributed by atoms with Crippen molar-refractivity contribution in [3.8, 4) is 0 Å². The van der Waals surface area contributed by atoms with Crippen molar-refractivity contribution in [1.29, 1.82) is 0 Å². The van der Waals surface area contributed by atoms with Gasteiger partial charge < -0.3 is 14.9 Å². The Hall–Kier alpha value is -2.37. The Bertz CT molecular complexity index is 725. The Balaban J connectivity index is 1.81. The maximum absolute atomic E-state index is 13.2. The van der Waals surface area contributed by atoms with Crippen LogP contribution in [0.2, 0.25) is 0 Å². The standard InChI is InChI=1S/C21H28N2O4/c1-3-14(2)19(24)23-13-17-7-5-4-6-16(17)12-18(23)20(25)22-10-8-15(9-11-22)21(26)27/h4-7,14-15,18H,3,8-13H2,1-2H3,(H,26,27). The summed E-state index contributed by atoms with van der Waals surface area (Å²) in [6, 6.07) is 7.47. The minimum absolute atomic E-state index is 0.0192. The number of carboxylic acids is 1. The lowest BCUT2D eigenvalue weighted by atomic mass is 9.90. The molecule has 146 valence electrons. The minimum atomic E-state index is -0.790. The molecular weight excluding hydrogens is 344 g/mol. The van der Waals surface area contributed by atoms with Gasteiger partial charge in [-0.2, -0.15) is 0 Å². The van der Waals surface area contributed by atoms with Crippen LogP contribution in [-0.4, -0.2) is 51.8 Å². The fourth-order valence-corrected chi connectivity index (χ4v) is 3.99. The molecule has 0 bridgehead atoms. The molecule has 1 saturated heterocycles. The van der Waals surface area contributed by atoms with Gasteiger partial charge in [-0.1, -0.05) is 38.1 Å². The Morgan fingerprint density at radius 2 is 1.78 bits per heavy atom. The molecule has 1 aromatic rings. The van der Waals surface area contributed by atoms with Crippen LogP contribution < -0.4 is 0 Å². The molecule has 1 N–H and O–H groups in total. The lowest BCUT2D eigenvalue weighted by Crippen LogP contribution is -2.56. The average Bonchev–Trinajstić information content (AvgIpc) is 2.71. The van der Waals surface area contributed by atoms with E-state index in [4.69, 9.17) is 5.11 Å². The summed E-state index contributed by atoms with van der Waals surface area (Å²) in [4.78, 5) is 40.9. The molecule has 2 unspecified atom stereocenters. The quantitative estimate of drug-likeness (QED) is 0.880. The van der Waals surface area contributed by atoms with Crippen molar-refractivity contribution < 1.29 is 19.5 Å². The van der Waals surface area contributed by atoms with E-state index in [0.717, 1.165) is 17.5 Å². The SMILES string of the molecule is CCC(C)C(=O)N1Cc2ccccc2CC1C(=O)N1CCC(C(=O)O)CC1. The second-order valence-corrected chi connectivity index (χ2v) is 7.70. The van der Waals surface area contributed by atoms with Gasteiger partial charge in [0.05, 0.1) is 5.92 Å². The first-order valence-corrected chi connectivity index (χ1v) is 9.81. The molecule has 1 aromatic carbocycles. The Morgan fingerprint density at radius 3 is 2.37 bits per heavy atom. The first-order valence-electron chi connectivity index (χ1n) is 9.81. The zero-order chi connectivity index (χ0) is 19.6. The third-order valence-corrected chi connectivity index (χ3v) is 6.01. The molecule has 0 spiro atoms. The number of hydrogen-bond donors (Lipinski definition) is 1. The summed E-state index contributed by atoms with van der Waals surface area (Å²) in [5.74, 6) is -1.32. The second kappa shape index (κ2) is 8.11. The van der Waals surface area contributed by atoms with Crippen LogP contribution in [0.3, 0.4) is 0 Å². The molecule has 0 radical (unpaired) electrons. The minimum Gasteiger partial charge on any atom is -0.481 e. The van der Waals surface area contributed by atoms with Crippen LogP contribution >= 0.6 is 0 Å². The van der Waals surface area contributed by atoms with Crippen molar-refractivity contribution in [3.63, 3.8) is 0 Å². The highest BCUT2D eigenvalue weighted by atomic mass is 16.4. The summed E-state index contributed by atoms with van der Waals surface area (Å²) in [5.41, 5.74) is 2.22. The Morgan fingerprint density at radius 1 is 1.15 bits per heavy atom. The van der Waals surface area contributed by atoms with Crippen LogP contribution in [0.15, 0.2) is 24.3 Å². The lowest BCUT2D eigenvalue weighted by Gasteiger charge is -2.41. The Kier molecular flexibility index (Phi) is 5.82. The summed E-state index contributed by atoms with van der Waals surface area (Å²) >= 11 is 0. The first kappa shape index (κ1) is 19.4. The van der Waals surface area contributed by atoms with Gasteiger partial charge in [-0.15, -0.1) is 0 Å². The number of nitrogens with zero attached hydrogens (tertiary/aromatic N) is 2. The number of aliphatic carboxylic acids is 1. The van der Waals surface area contributed by atoms with Gasteiger partial charge in [0.1, 0.15) is 6.04 Å². The van der Waals surface area contributed by atoms with Gasteiger partial charge in [-0.05, 0) is 30.4 Å². The van der Waals surface area contributed by atoms with Gasteiger partial charge in [0.15, 0.2) is 0 Å². The van der Waals surface area contributed by atoms with Crippen molar-refractivity contribution >= 4 is 17.8 Å². The van der Waals surface area contributed by atoms with Crippen LogP contribution in [-0.2, 0) is 27.3 Å². The number of carbonyl (C=O) groups is 3. The molecule has 2 amide bonds. The van der Waals surface area contributed by atoms with Gasteiger partial charge in [-0.3, -0.25) is 14.4 Å². The van der Waals surface area contributed by atoms with Crippen molar-refractivity contribution in [2.24, 2.45) is 11.8 Å². The molecule has 6 nitrogen and oxygen atoms in total. The molecule has 2 heterocycles. The third kappa shape index (κ3) is 3.99. The molecule has 2 aliphatic rings. The molecule has 2 aliphatic heterocycles. The topological polar surface area (TPSA) is 77.9 Å². The number of piperidine rings is 1. The number of amides is 2. The van der Waals surface area contributed by atoms with Gasteiger partial charge >= 0.3 is 5.97 Å². The van der Waals surface area contributed by atoms with Crippen LogP contribution in [0, 0.1) is 11.8 Å². The number of carbonyl (C=O) groups excluding carboxylic acids is 2. The lowest BCUT2D eigenvalue weighted by molar-refractivity contribution is -0.151. The van der Waals surface area contributed by atoms with Gasteiger partial charge in [-0.25, -0.2) is 0 Å². The van der Waals surface area contributed by atoms with E-state index in [1.165, 1.54) is 0 Å². The molecule has 0 saturated carbocycles. The molecule has 1 fully saturated rings. The number of fused-ring (bicyclic) bond motifs is 1. The van der Waals surface area contributed by atoms with Crippen LogP contribution in [0.25, 0.3) is 0 Å². The number of hydrogen-bond acceptors (Lipinski definition) is 3. The molecule has 2 atom stereocenters. The maximum atomic E-state index is 13.2. The zero-order valence-corrected chi connectivity index (χ0v) is 16.1. The number of rotatable bonds is 4. The van der Waals surface area contributed by atoms with Gasteiger partial charge in [0.25, 0.3) is 0 Å². The van der Waals surface area contributed by atoms with Crippen LogP contribution in [0.1, 0.15) is 44.2 Å². The van der Waals surface area contributed by atoms with E-state index in [0.29, 0.717) is 38.9 Å². The highest BCUT2D eigenvalue weighted by molar-refractivity contribution is 5.89. The van der Waals surface area contributed by atoms with Crippen LogP contribution in [0.4, 0.5) is 0 Å². The molecule has 6 heteroatoms. The Labute approximate surface area is 160 Å². The fourth-order valence-electron chi connectivity index (χ4n) is 3.99. The molecule has 0 aromatic heterocycles. The van der Waals surface area contributed by atoms with E-state index in [-0.39, 0.29) is 23.7 Å². The number of likely N-dealkylation sites (tertiary alicyclic amines) is 1. The highest BCUT2D eigenvalue weighted by Gasteiger charge is 2.39. The molecular formula is C21H28N2O4. The van der Waals surface area contributed by atoms with Crippen molar-refractivity contribution in [2.45, 2.75) is 52.1 Å². The van der Waals surface area contributed by atoms with Crippen molar-refractivity contribution in [2.75, 3.05) is 13.1 Å². The van der Waals surface area contributed by atoms with Crippen molar-refractivity contribution in [3.05, 3.63) is 35.4 Å². The monoisotopic (exact) mass is 372 g/mol. The van der Waals surface area contributed by atoms with E-state index in [9.17, 15) is 14.4 Å². The van der Waals surface area contributed by atoms with Crippen LogP contribution in [0.5, 0.6) is 0 Å². The largest absolute Gasteiger partial charge is 0.481 e. The summed E-state index contributed by atoms with van der Waals surface area (Å²) in [5, 5.41) is 9.17. The fraction of sp³-hybridized carbons (Fsp3) is 0.571. The molecule has 0 aliphatic carbocycles. The van der Waals surface area contributed by atoms with Crippen molar-refractivity contribution in [1.82, 2.24) is 9.80 Å². The van der Waals surface area contributed by atoms with Gasteiger partial charge in [0.2, 0.25) is 11.8 Å². The van der Waals surface area contributed by atoms with E-state index in [1.807, 2.05) is 38.1 Å². The smallest absolute Gasteiger partial charge is 0.306 e. The summed E-state index contributed by atoms with van der Waals surface area (Å²) in [7, 11) is 0. The maximum Gasteiger partial charge on any atom is 0.306 e. The summed E-state index contributed by atoms with van der Waals surface area (Å²) in [6.07, 6.45) is 2.21. The highest BCUT2D eigenvalue weighted by Crippen LogP contribution is 2.28. The summed E-state index contributed by atoms with van der Waals surface area (Å²) < 4.78 is 0. The first-order chi connectivity index (χ1) is 12.9. The second-order valence-electron chi connectivity index (χ2n) is 7.70. The summed E-state index contributed by atoms with van der Waals surface area (Å²) in [6.45, 7) is 5.23. The van der Waals surface area contributed by atoms with E-state index >= 15 is 0 Å². The normalized spacial score (nSPS) is 21.5. The predicted octanol–water partition coefficient (Wildman–Crippen LogP) is 2.31. The van der Waals surface area contributed by atoms with E-state index in [2.05, 4.69) is 0 Å². The molecule has 3 rings (SSSR count). The van der Waals surface area contributed by atoms with Gasteiger partial charge in [0, 0.05) is 32.0 Å². The average molecular weight is 372 g/mol. The molecule has 27 heavy (non-hydrogen) atoms. The third-order valence-electron chi connectivity index (χ3n) is 6.01. The van der Waals surface area contributed by atoms with E-state index < -0.39 is 12.0 Å². The number of benzene rings is 1. The zero-order valence-electron chi connectivity index (χ0n) is 16.1. The number of carboxylic acid groups (broad SMARTS) is 1. The predicted molar refractivity (Wildman–Crippen MR) is 101 cm³/mol.